The van der Waals surface area contributed by atoms with Crippen LogP contribution in [0.1, 0.15) is 27.0 Å². The lowest BCUT2D eigenvalue weighted by Gasteiger charge is -2.14. The fraction of sp³-hybridized carbons (Fsp3) is 0.278. The summed E-state index contributed by atoms with van der Waals surface area (Å²) in [6, 6.07) is 7.16. The molecule has 0 bridgehead atoms. The molecule has 0 aromatic heterocycles. The van der Waals surface area contributed by atoms with Crippen molar-refractivity contribution in [3.05, 3.63) is 51.5 Å². The molecule has 0 spiro atoms. The third-order valence-corrected chi connectivity index (χ3v) is 4.10. The van der Waals surface area contributed by atoms with Crippen LogP contribution in [-0.4, -0.2) is 20.1 Å². The molecular formula is C18H20ClNO3. The van der Waals surface area contributed by atoms with Gasteiger partial charge in [-0.3, -0.25) is 4.79 Å². The molecule has 0 saturated heterocycles. The van der Waals surface area contributed by atoms with E-state index < -0.39 is 0 Å². The highest BCUT2D eigenvalue weighted by Gasteiger charge is 2.15. The first kappa shape index (κ1) is 17.2. The van der Waals surface area contributed by atoms with Gasteiger partial charge in [-0.1, -0.05) is 17.7 Å². The Balaban J connectivity index is 2.39. The van der Waals surface area contributed by atoms with E-state index in [0.29, 0.717) is 27.8 Å². The molecule has 1 N–H and O–H groups in total. The summed E-state index contributed by atoms with van der Waals surface area (Å²) in [6.07, 6.45) is 0. The van der Waals surface area contributed by atoms with Gasteiger partial charge in [-0.15, -0.1) is 0 Å². The first-order valence-corrected chi connectivity index (χ1v) is 7.56. The van der Waals surface area contributed by atoms with E-state index in [2.05, 4.69) is 5.32 Å². The molecular weight excluding hydrogens is 314 g/mol. The molecule has 2 aromatic rings. The summed E-state index contributed by atoms with van der Waals surface area (Å²) in [5, 5.41) is 3.29. The van der Waals surface area contributed by atoms with E-state index >= 15 is 0 Å². The molecule has 0 aliphatic carbocycles. The molecule has 0 heterocycles. The summed E-state index contributed by atoms with van der Waals surface area (Å²) < 4.78 is 10.5. The summed E-state index contributed by atoms with van der Waals surface area (Å²) in [5.74, 6) is 0.749. The van der Waals surface area contributed by atoms with Gasteiger partial charge >= 0.3 is 0 Å². The van der Waals surface area contributed by atoms with E-state index in [1.54, 1.807) is 12.1 Å². The van der Waals surface area contributed by atoms with Crippen molar-refractivity contribution in [3.63, 3.8) is 0 Å². The second kappa shape index (κ2) is 6.92. The van der Waals surface area contributed by atoms with Crippen molar-refractivity contribution in [1.29, 1.82) is 0 Å². The van der Waals surface area contributed by atoms with Gasteiger partial charge in [-0.25, -0.2) is 0 Å². The SMILES string of the molecule is COc1cc(NC(=O)c2cc(C)c(C)cc2C)c(OC)cc1Cl. The number of anilines is 1. The van der Waals surface area contributed by atoms with Crippen LogP contribution in [0, 0.1) is 20.8 Å². The third kappa shape index (κ3) is 3.59. The summed E-state index contributed by atoms with van der Waals surface area (Å²) in [5.41, 5.74) is 4.29. The van der Waals surface area contributed by atoms with Crippen LogP contribution in [0.5, 0.6) is 11.5 Å². The Morgan fingerprint density at radius 3 is 2.13 bits per heavy atom. The van der Waals surface area contributed by atoms with E-state index in [1.807, 2.05) is 32.9 Å². The minimum Gasteiger partial charge on any atom is -0.495 e. The number of benzene rings is 2. The molecule has 2 rings (SSSR count). The number of methoxy groups -OCH3 is 2. The Morgan fingerprint density at radius 1 is 0.913 bits per heavy atom. The zero-order valence-corrected chi connectivity index (χ0v) is 14.7. The first-order valence-electron chi connectivity index (χ1n) is 7.18. The topological polar surface area (TPSA) is 47.6 Å². The van der Waals surface area contributed by atoms with Gasteiger partial charge < -0.3 is 14.8 Å². The van der Waals surface area contributed by atoms with Crippen molar-refractivity contribution in [1.82, 2.24) is 0 Å². The van der Waals surface area contributed by atoms with Gasteiger partial charge in [0.25, 0.3) is 5.91 Å². The highest BCUT2D eigenvalue weighted by molar-refractivity contribution is 6.32. The van der Waals surface area contributed by atoms with Crippen LogP contribution in [0.25, 0.3) is 0 Å². The quantitative estimate of drug-likeness (QED) is 0.893. The second-order valence-corrected chi connectivity index (χ2v) is 5.80. The molecule has 1 amide bonds. The highest BCUT2D eigenvalue weighted by Crippen LogP contribution is 2.36. The first-order chi connectivity index (χ1) is 10.9. The third-order valence-electron chi connectivity index (χ3n) is 3.81. The Labute approximate surface area is 141 Å². The average molecular weight is 334 g/mol. The van der Waals surface area contributed by atoms with E-state index in [4.69, 9.17) is 21.1 Å². The molecule has 0 unspecified atom stereocenters. The van der Waals surface area contributed by atoms with Gasteiger partial charge in [-0.05, 0) is 43.5 Å². The number of aryl methyl sites for hydroxylation is 3. The lowest BCUT2D eigenvalue weighted by Crippen LogP contribution is -2.14. The number of rotatable bonds is 4. The van der Waals surface area contributed by atoms with Crippen LogP contribution in [0.15, 0.2) is 24.3 Å². The lowest BCUT2D eigenvalue weighted by atomic mass is 10.0. The highest BCUT2D eigenvalue weighted by atomic mass is 35.5. The number of carbonyl (C=O) groups excluding carboxylic acids is 1. The minimum absolute atomic E-state index is 0.201. The van der Waals surface area contributed by atoms with Gasteiger partial charge in [0.05, 0.1) is 24.9 Å². The fourth-order valence-corrected chi connectivity index (χ4v) is 2.58. The normalized spacial score (nSPS) is 10.3. The van der Waals surface area contributed by atoms with E-state index in [1.165, 1.54) is 14.2 Å². The molecule has 0 radical (unpaired) electrons. The van der Waals surface area contributed by atoms with Crippen molar-refractivity contribution in [2.75, 3.05) is 19.5 Å². The number of ether oxygens (including phenoxy) is 2. The number of carbonyl (C=O) groups is 1. The molecule has 4 nitrogen and oxygen atoms in total. The molecule has 0 aliphatic rings. The maximum absolute atomic E-state index is 12.6. The van der Waals surface area contributed by atoms with Crippen LogP contribution in [0.2, 0.25) is 5.02 Å². The summed E-state index contributed by atoms with van der Waals surface area (Å²) in [7, 11) is 3.04. The maximum atomic E-state index is 12.6. The largest absolute Gasteiger partial charge is 0.495 e. The van der Waals surface area contributed by atoms with Crippen molar-refractivity contribution in [2.45, 2.75) is 20.8 Å². The molecule has 0 atom stereocenters. The van der Waals surface area contributed by atoms with Crippen molar-refractivity contribution >= 4 is 23.2 Å². The Hall–Kier alpha value is -2.20. The van der Waals surface area contributed by atoms with Crippen LogP contribution in [0.3, 0.4) is 0 Å². The monoisotopic (exact) mass is 333 g/mol. The molecule has 0 aliphatic heterocycles. The summed E-state index contributed by atoms with van der Waals surface area (Å²) in [6.45, 7) is 5.93. The smallest absolute Gasteiger partial charge is 0.256 e. The van der Waals surface area contributed by atoms with Crippen molar-refractivity contribution in [3.8, 4) is 11.5 Å². The number of nitrogens with one attached hydrogen (secondary N) is 1. The molecule has 2 aromatic carbocycles. The van der Waals surface area contributed by atoms with Gasteiger partial charge in [0.15, 0.2) is 0 Å². The van der Waals surface area contributed by atoms with Gasteiger partial charge in [0.2, 0.25) is 0 Å². The van der Waals surface area contributed by atoms with E-state index in [9.17, 15) is 4.79 Å². The molecule has 122 valence electrons. The maximum Gasteiger partial charge on any atom is 0.256 e. The van der Waals surface area contributed by atoms with Crippen LogP contribution in [-0.2, 0) is 0 Å². The number of amides is 1. The predicted octanol–water partition coefficient (Wildman–Crippen LogP) is 4.53. The van der Waals surface area contributed by atoms with E-state index in [0.717, 1.165) is 16.7 Å². The molecule has 0 fully saturated rings. The fourth-order valence-electron chi connectivity index (χ4n) is 2.35. The van der Waals surface area contributed by atoms with Crippen molar-refractivity contribution in [2.24, 2.45) is 0 Å². The number of hydrogen-bond acceptors (Lipinski definition) is 3. The van der Waals surface area contributed by atoms with Gasteiger partial charge in [0.1, 0.15) is 11.5 Å². The average Bonchev–Trinajstić information content (AvgIpc) is 2.51. The second-order valence-electron chi connectivity index (χ2n) is 5.39. The van der Waals surface area contributed by atoms with Gasteiger partial charge in [0, 0.05) is 17.7 Å². The van der Waals surface area contributed by atoms with E-state index in [-0.39, 0.29) is 5.91 Å². The van der Waals surface area contributed by atoms with Crippen LogP contribution in [0.4, 0.5) is 5.69 Å². The number of halogens is 1. The predicted molar refractivity (Wildman–Crippen MR) is 93.2 cm³/mol. The zero-order valence-electron chi connectivity index (χ0n) is 13.9. The van der Waals surface area contributed by atoms with Crippen LogP contribution < -0.4 is 14.8 Å². The van der Waals surface area contributed by atoms with Gasteiger partial charge in [-0.2, -0.15) is 0 Å². The van der Waals surface area contributed by atoms with Crippen LogP contribution >= 0.6 is 11.6 Å². The van der Waals surface area contributed by atoms with Crippen molar-refractivity contribution < 1.29 is 14.3 Å². The Bertz CT molecular complexity index is 756. The zero-order chi connectivity index (χ0) is 17.1. The lowest BCUT2D eigenvalue weighted by molar-refractivity contribution is 0.102. The number of hydrogen-bond donors (Lipinski definition) is 1. The molecule has 5 heteroatoms. The standard InChI is InChI=1S/C18H20ClNO3/c1-10-6-12(3)13(7-11(10)2)18(21)20-15-9-16(22-4)14(19)8-17(15)23-5/h6-9H,1-5H3,(H,20,21). The Kier molecular flexibility index (Phi) is 5.16. The minimum atomic E-state index is -0.201. The molecule has 23 heavy (non-hydrogen) atoms. The Morgan fingerprint density at radius 2 is 1.52 bits per heavy atom. The summed E-state index contributed by atoms with van der Waals surface area (Å²) in [4.78, 5) is 12.6. The molecule has 0 saturated carbocycles. The summed E-state index contributed by atoms with van der Waals surface area (Å²) >= 11 is 6.08.